The SMILES string of the molecule is CC(C)(C)OC(=O)N1CC[C@](O)(c2ccccc2)C(O)C1. The first-order valence-electron chi connectivity index (χ1n) is 7.16. The second-order valence-electron chi connectivity index (χ2n) is 6.48. The fourth-order valence-electron chi connectivity index (χ4n) is 2.48. The molecule has 0 aromatic heterocycles. The molecule has 0 spiro atoms. The molecule has 1 aromatic carbocycles. The largest absolute Gasteiger partial charge is 0.444 e. The van der Waals surface area contributed by atoms with Gasteiger partial charge in [-0.1, -0.05) is 30.3 Å². The number of β-amino-alcohol motifs (C(OH)–C–C–N with tert-alkyl or cyclic N) is 1. The molecule has 0 radical (unpaired) electrons. The summed E-state index contributed by atoms with van der Waals surface area (Å²) in [7, 11) is 0. The summed E-state index contributed by atoms with van der Waals surface area (Å²) < 4.78 is 5.29. The van der Waals surface area contributed by atoms with Gasteiger partial charge < -0.3 is 19.8 Å². The van der Waals surface area contributed by atoms with Crippen molar-refractivity contribution < 1.29 is 19.7 Å². The maximum atomic E-state index is 12.0. The molecule has 1 fully saturated rings. The minimum absolute atomic E-state index is 0.0559. The molecule has 1 amide bonds. The first-order chi connectivity index (χ1) is 9.72. The fourth-order valence-corrected chi connectivity index (χ4v) is 2.48. The quantitative estimate of drug-likeness (QED) is 0.829. The lowest BCUT2D eigenvalue weighted by Crippen LogP contribution is -2.55. The number of carbonyl (C=O) groups excluding carboxylic acids is 1. The normalized spacial score (nSPS) is 26.5. The summed E-state index contributed by atoms with van der Waals surface area (Å²) in [5.74, 6) is 0. The molecule has 2 N–H and O–H groups in total. The van der Waals surface area contributed by atoms with E-state index in [1.165, 1.54) is 4.90 Å². The number of carbonyl (C=O) groups is 1. The molecule has 1 saturated heterocycles. The van der Waals surface area contributed by atoms with Crippen molar-refractivity contribution >= 4 is 6.09 Å². The molecule has 1 aliphatic heterocycles. The van der Waals surface area contributed by atoms with Gasteiger partial charge in [0.15, 0.2) is 0 Å². The van der Waals surface area contributed by atoms with E-state index in [0.717, 1.165) is 0 Å². The molecular formula is C16H23NO4. The molecule has 0 bridgehead atoms. The summed E-state index contributed by atoms with van der Waals surface area (Å²) in [6, 6.07) is 9.06. The van der Waals surface area contributed by atoms with Gasteiger partial charge in [-0.25, -0.2) is 4.79 Å². The lowest BCUT2D eigenvalue weighted by molar-refractivity contribution is -0.123. The van der Waals surface area contributed by atoms with E-state index in [2.05, 4.69) is 0 Å². The van der Waals surface area contributed by atoms with Crippen LogP contribution < -0.4 is 0 Å². The number of likely N-dealkylation sites (tertiary alicyclic amines) is 1. The highest BCUT2D eigenvalue weighted by atomic mass is 16.6. The number of aliphatic hydroxyl groups is 2. The van der Waals surface area contributed by atoms with Gasteiger partial charge in [0.25, 0.3) is 0 Å². The number of amides is 1. The van der Waals surface area contributed by atoms with Gasteiger partial charge in [0.2, 0.25) is 0 Å². The summed E-state index contributed by atoms with van der Waals surface area (Å²) in [4.78, 5) is 13.5. The summed E-state index contributed by atoms with van der Waals surface area (Å²) in [5, 5.41) is 21.0. The Morgan fingerprint density at radius 2 is 1.95 bits per heavy atom. The van der Waals surface area contributed by atoms with Gasteiger partial charge in [0, 0.05) is 13.0 Å². The first kappa shape index (κ1) is 15.8. The molecule has 2 rings (SSSR count). The number of hydrogen-bond acceptors (Lipinski definition) is 4. The summed E-state index contributed by atoms with van der Waals surface area (Å²) in [5.41, 5.74) is -1.23. The van der Waals surface area contributed by atoms with Crippen LogP contribution in [-0.4, -0.2) is 46.0 Å². The Morgan fingerprint density at radius 1 is 1.33 bits per heavy atom. The van der Waals surface area contributed by atoms with Crippen LogP contribution in [0.3, 0.4) is 0 Å². The average Bonchev–Trinajstić information content (AvgIpc) is 2.41. The zero-order chi connectivity index (χ0) is 15.7. The van der Waals surface area contributed by atoms with Crippen LogP contribution in [0.25, 0.3) is 0 Å². The summed E-state index contributed by atoms with van der Waals surface area (Å²) in [6.45, 7) is 5.79. The minimum Gasteiger partial charge on any atom is -0.444 e. The molecule has 0 aliphatic carbocycles. The number of ether oxygens (including phenoxy) is 1. The Morgan fingerprint density at radius 3 is 2.48 bits per heavy atom. The van der Waals surface area contributed by atoms with Gasteiger partial charge in [-0.3, -0.25) is 0 Å². The molecular weight excluding hydrogens is 270 g/mol. The Bertz CT molecular complexity index is 497. The van der Waals surface area contributed by atoms with Crippen LogP contribution in [0.5, 0.6) is 0 Å². The van der Waals surface area contributed by atoms with Crippen molar-refractivity contribution in [3.8, 4) is 0 Å². The molecule has 116 valence electrons. The van der Waals surface area contributed by atoms with Crippen molar-refractivity contribution in [2.75, 3.05) is 13.1 Å². The molecule has 5 nitrogen and oxygen atoms in total. The number of rotatable bonds is 1. The number of hydrogen-bond donors (Lipinski definition) is 2. The summed E-state index contributed by atoms with van der Waals surface area (Å²) >= 11 is 0. The van der Waals surface area contributed by atoms with E-state index in [1.54, 1.807) is 32.9 Å². The van der Waals surface area contributed by atoms with Crippen molar-refractivity contribution in [2.24, 2.45) is 0 Å². The minimum atomic E-state index is -1.32. The van der Waals surface area contributed by atoms with Crippen molar-refractivity contribution in [1.82, 2.24) is 4.90 Å². The number of benzene rings is 1. The van der Waals surface area contributed by atoms with Gasteiger partial charge in [-0.05, 0) is 26.3 Å². The Labute approximate surface area is 125 Å². The Balaban J connectivity index is 2.07. The molecule has 21 heavy (non-hydrogen) atoms. The lowest BCUT2D eigenvalue weighted by atomic mass is 9.82. The van der Waals surface area contributed by atoms with E-state index in [0.29, 0.717) is 12.1 Å². The standard InChI is InChI=1S/C16H23NO4/c1-15(2,3)21-14(19)17-10-9-16(20,13(18)11-17)12-7-5-4-6-8-12/h4-8,13,18,20H,9-11H2,1-3H3/t13?,16-/m0/s1. The second-order valence-corrected chi connectivity index (χ2v) is 6.48. The molecule has 5 heteroatoms. The van der Waals surface area contributed by atoms with Crippen LogP contribution in [0.1, 0.15) is 32.8 Å². The van der Waals surface area contributed by atoms with Crippen LogP contribution in [0, 0.1) is 0 Å². The van der Waals surface area contributed by atoms with Crippen molar-refractivity contribution in [2.45, 2.75) is 44.5 Å². The predicted octanol–water partition coefficient (Wildman–Crippen LogP) is 1.88. The third-order valence-corrected chi connectivity index (χ3v) is 3.63. The first-order valence-corrected chi connectivity index (χ1v) is 7.16. The number of nitrogens with zero attached hydrogens (tertiary/aromatic N) is 1. The third kappa shape index (κ3) is 3.54. The lowest BCUT2D eigenvalue weighted by Gasteiger charge is -2.42. The van der Waals surface area contributed by atoms with E-state index in [1.807, 2.05) is 18.2 Å². The predicted molar refractivity (Wildman–Crippen MR) is 78.8 cm³/mol. The van der Waals surface area contributed by atoms with Gasteiger partial charge in [-0.2, -0.15) is 0 Å². The van der Waals surface area contributed by atoms with Crippen LogP contribution in [-0.2, 0) is 10.3 Å². The fraction of sp³-hybridized carbons (Fsp3) is 0.562. The third-order valence-electron chi connectivity index (χ3n) is 3.63. The molecule has 1 heterocycles. The van der Waals surface area contributed by atoms with Crippen LogP contribution in [0.15, 0.2) is 30.3 Å². The van der Waals surface area contributed by atoms with E-state index >= 15 is 0 Å². The van der Waals surface area contributed by atoms with Crippen molar-refractivity contribution in [3.05, 3.63) is 35.9 Å². The highest BCUT2D eigenvalue weighted by Gasteiger charge is 2.43. The van der Waals surface area contributed by atoms with Gasteiger partial charge in [0.1, 0.15) is 17.3 Å². The van der Waals surface area contributed by atoms with Crippen molar-refractivity contribution in [1.29, 1.82) is 0 Å². The van der Waals surface area contributed by atoms with E-state index in [9.17, 15) is 15.0 Å². The van der Waals surface area contributed by atoms with Gasteiger partial charge in [0.05, 0.1) is 6.54 Å². The molecule has 1 unspecified atom stereocenters. The Kier molecular flexibility index (Phi) is 4.25. The highest BCUT2D eigenvalue weighted by Crippen LogP contribution is 2.33. The second kappa shape index (κ2) is 5.66. The zero-order valence-electron chi connectivity index (χ0n) is 12.7. The molecule has 2 atom stereocenters. The smallest absolute Gasteiger partial charge is 0.410 e. The molecule has 0 saturated carbocycles. The van der Waals surface area contributed by atoms with E-state index in [4.69, 9.17) is 4.74 Å². The molecule has 1 aromatic rings. The van der Waals surface area contributed by atoms with Gasteiger partial charge in [-0.15, -0.1) is 0 Å². The van der Waals surface area contributed by atoms with Gasteiger partial charge >= 0.3 is 6.09 Å². The van der Waals surface area contributed by atoms with Crippen LogP contribution >= 0.6 is 0 Å². The molecule has 1 aliphatic rings. The maximum Gasteiger partial charge on any atom is 0.410 e. The highest BCUT2D eigenvalue weighted by molar-refractivity contribution is 5.68. The maximum absolute atomic E-state index is 12.0. The van der Waals surface area contributed by atoms with E-state index < -0.39 is 23.4 Å². The van der Waals surface area contributed by atoms with Crippen molar-refractivity contribution in [3.63, 3.8) is 0 Å². The van der Waals surface area contributed by atoms with E-state index in [-0.39, 0.29) is 13.0 Å². The van der Waals surface area contributed by atoms with Crippen LogP contribution in [0.4, 0.5) is 4.79 Å². The Hall–Kier alpha value is -1.59. The average molecular weight is 293 g/mol. The zero-order valence-corrected chi connectivity index (χ0v) is 12.7. The van der Waals surface area contributed by atoms with Crippen LogP contribution in [0.2, 0.25) is 0 Å². The summed E-state index contributed by atoms with van der Waals surface area (Å²) in [6.07, 6.45) is -1.23. The number of piperidine rings is 1. The number of aliphatic hydroxyl groups excluding tert-OH is 1. The topological polar surface area (TPSA) is 70.0 Å². The monoisotopic (exact) mass is 293 g/mol.